The summed E-state index contributed by atoms with van der Waals surface area (Å²) in [7, 11) is 1.62. The first-order valence-corrected chi connectivity index (χ1v) is 9.03. The van der Waals surface area contributed by atoms with Crippen molar-refractivity contribution in [2.24, 2.45) is 0 Å². The van der Waals surface area contributed by atoms with Crippen molar-refractivity contribution in [3.8, 4) is 11.5 Å². The van der Waals surface area contributed by atoms with Crippen LogP contribution >= 0.6 is 11.6 Å². The minimum absolute atomic E-state index is 0.0203. The van der Waals surface area contributed by atoms with Crippen LogP contribution in [0.1, 0.15) is 5.56 Å². The van der Waals surface area contributed by atoms with Crippen molar-refractivity contribution in [3.63, 3.8) is 0 Å². The molecule has 1 saturated heterocycles. The number of benzene rings is 2. The number of ether oxygens (including phenoxy) is 2. The van der Waals surface area contributed by atoms with Crippen molar-refractivity contribution in [3.05, 3.63) is 59.1 Å². The van der Waals surface area contributed by atoms with Crippen molar-refractivity contribution in [1.82, 2.24) is 9.80 Å². The average molecular weight is 375 g/mol. The van der Waals surface area contributed by atoms with Gasteiger partial charge in [-0.2, -0.15) is 0 Å². The molecule has 6 heteroatoms. The number of amides is 1. The van der Waals surface area contributed by atoms with Crippen molar-refractivity contribution in [2.45, 2.75) is 6.54 Å². The zero-order valence-electron chi connectivity index (χ0n) is 14.9. The average Bonchev–Trinajstić information content (AvgIpc) is 2.69. The summed E-state index contributed by atoms with van der Waals surface area (Å²) in [5.74, 6) is 1.45. The molecule has 1 aliphatic rings. The molecule has 0 N–H and O–H groups in total. The number of rotatable bonds is 6. The Bertz CT molecular complexity index is 711. The molecule has 1 fully saturated rings. The van der Waals surface area contributed by atoms with E-state index in [2.05, 4.69) is 4.90 Å². The van der Waals surface area contributed by atoms with Crippen LogP contribution in [0.5, 0.6) is 11.5 Å². The molecule has 0 spiro atoms. The van der Waals surface area contributed by atoms with Gasteiger partial charge in [-0.1, -0.05) is 23.7 Å². The predicted molar refractivity (Wildman–Crippen MR) is 102 cm³/mol. The van der Waals surface area contributed by atoms with E-state index < -0.39 is 0 Å². The van der Waals surface area contributed by atoms with Gasteiger partial charge in [0.05, 0.1) is 7.11 Å². The van der Waals surface area contributed by atoms with Crippen LogP contribution in [0.4, 0.5) is 0 Å². The highest BCUT2D eigenvalue weighted by Crippen LogP contribution is 2.17. The van der Waals surface area contributed by atoms with Crippen LogP contribution in [0.2, 0.25) is 5.02 Å². The SMILES string of the molecule is COc1ccc(OCC(=O)N2CCN(Cc3ccc(Cl)cc3)CC2)cc1. The number of nitrogens with zero attached hydrogens (tertiary/aromatic N) is 2. The van der Waals surface area contributed by atoms with Gasteiger partial charge in [0, 0.05) is 37.7 Å². The molecule has 0 bridgehead atoms. The number of halogens is 1. The Labute approximate surface area is 159 Å². The van der Waals surface area contributed by atoms with Gasteiger partial charge >= 0.3 is 0 Å². The third-order valence-corrected chi connectivity index (χ3v) is 4.72. The van der Waals surface area contributed by atoms with E-state index in [1.54, 1.807) is 19.2 Å². The molecule has 1 aliphatic heterocycles. The maximum atomic E-state index is 12.3. The summed E-state index contributed by atoms with van der Waals surface area (Å²) in [6.45, 7) is 4.09. The van der Waals surface area contributed by atoms with E-state index in [4.69, 9.17) is 21.1 Å². The molecule has 0 aliphatic carbocycles. The lowest BCUT2D eigenvalue weighted by molar-refractivity contribution is -0.135. The van der Waals surface area contributed by atoms with Gasteiger partial charge in [-0.3, -0.25) is 9.69 Å². The lowest BCUT2D eigenvalue weighted by Gasteiger charge is -2.34. The van der Waals surface area contributed by atoms with Gasteiger partial charge in [0.1, 0.15) is 11.5 Å². The molecule has 0 unspecified atom stereocenters. The largest absolute Gasteiger partial charge is 0.497 e. The highest BCUT2D eigenvalue weighted by molar-refractivity contribution is 6.30. The second kappa shape index (κ2) is 8.92. The van der Waals surface area contributed by atoms with Crippen LogP contribution < -0.4 is 9.47 Å². The summed E-state index contributed by atoms with van der Waals surface area (Å²) in [5, 5.41) is 0.751. The van der Waals surface area contributed by atoms with Crippen LogP contribution in [-0.4, -0.2) is 55.6 Å². The van der Waals surface area contributed by atoms with Gasteiger partial charge in [-0.05, 0) is 42.0 Å². The zero-order chi connectivity index (χ0) is 18.4. The molecule has 0 atom stereocenters. The number of piperazine rings is 1. The lowest BCUT2D eigenvalue weighted by Crippen LogP contribution is -2.49. The third-order valence-electron chi connectivity index (χ3n) is 4.47. The number of hydrogen-bond donors (Lipinski definition) is 0. The number of carbonyl (C=O) groups excluding carboxylic acids is 1. The fourth-order valence-corrected chi connectivity index (χ4v) is 3.04. The Kier molecular flexibility index (Phi) is 6.36. The Morgan fingerprint density at radius 1 is 0.962 bits per heavy atom. The van der Waals surface area contributed by atoms with E-state index in [-0.39, 0.29) is 12.5 Å². The Morgan fingerprint density at radius 3 is 2.19 bits per heavy atom. The molecule has 26 heavy (non-hydrogen) atoms. The minimum Gasteiger partial charge on any atom is -0.497 e. The molecule has 0 saturated carbocycles. The summed E-state index contributed by atoms with van der Waals surface area (Å²) in [5.41, 5.74) is 1.23. The highest BCUT2D eigenvalue weighted by Gasteiger charge is 2.21. The van der Waals surface area contributed by atoms with E-state index in [9.17, 15) is 4.79 Å². The molecule has 5 nitrogen and oxygen atoms in total. The highest BCUT2D eigenvalue weighted by atomic mass is 35.5. The van der Waals surface area contributed by atoms with Gasteiger partial charge in [0.25, 0.3) is 5.91 Å². The van der Waals surface area contributed by atoms with E-state index in [1.807, 2.05) is 41.3 Å². The molecule has 138 valence electrons. The quantitative estimate of drug-likeness (QED) is 0.779. The smallest absolute Gasteiger partial charge is 0.260 e. The number of hydrogen-bond acceptors (Lipinski definition) is 4. The molecule has 1 heterocycles. The van der Waals surface area contributed by atoms with Crippen molar-refractivity contribution < 1.29 is 14.3 Å². The molecule has 0 radical (unpaired) electrons. The molecular weight excluding hydrogens is 352 g/mol. The second-order valence-corrected chi connectivity index (χ2v) is 6.68. The first-order chi connectivity index (χ1) is 12.6. The van der Waals surface area contributed by atoms with E-state index >= 15 is 0 Å². The summed E-state index contributed by atoms with van der Waals surface area (Å²) in [6.07, 6.45) is 0. The van der Waals surface area contributed by atoms with Crippen LogP contribution in [0.25, 0.3) is 0 Å². The molecule has 2 aromatic rings. The molecule has 0 aromatic heterocycles. The van der Waals surface area contributed by atoms with Gasteiger partial charge < -0.3 is 14.4 Å². The Morgan fingerprint density at radius 2 is 1.58 bits per heavy atom. The number of carbonyl (C=O) groups is 1. The first-order valence-electron chi connectivity index (χ1n) is 8.65. The topological polar surface area (TPSA) is 42.0 Å². The van der Waals surface area contributed by atoms with E-state index in [0.717, 1.165) is 43.5 Å². The fourth-order valence-electron chi connectivity index (χ4n) is 2.91. The van der Waals surface area contributed by atoms with Gasteiger partial charge in [0.15, 0.2) is 6.61 Å². The van der Waals surface area contributed by atoms with Gasteiger partial charge in [-0.25, -0.2) is 0 Å². The van der Waals surface area contributed by atoms with Crippen molar-refractivity contribution in [2.75, 3.05) is 39.9 Å². The maximum Gasteiger partial charge on any atom is 0.260 e. The fraction of sp³-hybridized carbons (Fsp3) is 0.350. The Balaban J connectivity index is 1.42. The summed E-state index contributed by atoms with van der Waals surface area (Å²) >= 11 is 5.92. The summed E-state index contributed by atoms with van der Waals surface area (Å²) in [4.78, 5) is 16.5. The molecule has 1 amide bonds. The monoisotopic (exact) mass is 374 g/mol. The molecule has 3 rings (SSSR count). The second-order valence-electron chi connectivity index (χ2n) is 6.25. The normalized spacial score (nSPS) is 14.9. The van der Waals surface area contributed by atoms with Crippen LogP contribution in [0, 0.1) is 0 Å². The Hall–Kier alpha value is -2.24. The minimum atomic E-state index is 0.0203. The summed E-state index contributed by atoms with van der Waals surface area (Å²) in [6, 6.07) is 15.1. The van der Waals surface area contributed by atoms with Crippen LogP contribution in [0.3, 0.4) is 0 Å². The number of methoxy groups -OCH3 is 1. The molecule has 2 aromatic carbocycles. The third kappa shape index (κ3) is 5.13. The van der Waals surface area contributed by atoms with E-state index in [0.29, 0.717) is 5.75 Å². The van der Waals surface area contributed by atoms with Gasteiger partial charge in [0.2, 0.25) is 0 Å². The van der Waals surface area contributed by atoms with Gasteiger partial charge in [-0.15, -0.1) is 0 Å². The lowest BCUT2D eigenvalue weighted by atomic mass is 10.2. The van der Waals surface area contributed by atoms with E-state index in [1.165, 1.54) is 5.56 Å². The predicted octanol–water partition coefficient (Wildman–Crippen LogP) is 3.07. The van der Waals surface area contributed by atoms with Crippen LogP contribution in [-0.2, 0) is 11.3 Å². The van der Waals surface area contributed by atoms with Crippen molar-refractivity contribution in [1.29, 1.82) is 0 Å². The first kappa shape index (κ1) is 18.5. The standard InChI is InChI=1S/C20H23ClN2O3/c1-25-18-6-8-19(9-7-18)26-15-20(24)23-12-10-22(11-13-23)14-16-2-4-17(21)5-3-16/h2-9H,10-15H2,1H3. The zero-order valence-corrected chi connectivity index (χ0v) is 15.6. The van der Waals surface area contributed by atoms with Crippen LogP contribution in [0.15, 0.2) is 48.5 Å². The van der Waals surface area contributed by atoms with Crippen molar-refractivity contribution >= 4 is 17.5 Å². The maximum absolute atomic E-state index is 12.3. The summed E-state index contributed by atoms with van der Waals surface area (Å²) < 4.78 is 10.7. The molecular formula is C20H23ClN2O3.